The topological polar surface area (TPSA) is 29.5 Å². The number of carbonyl (C=O) groups excluding carboxylic acids is 1. The summed E-state index contributed by atoms with van der Waals surface area (Å²) in [6, 6.07) is 6.75. The average molecular weight is 301 g/mol. The summed E-state index contributed by atoms with van der Waals surface area (Å²) in [4.78, 5) is 14.3. The maximum atomic E-state index is 12.5. The first kappa shape index (κ1) is 16.6. The normalized spacial score (nSPS) is 14.5. The van der Waals surface area contributed by atoms with Gasteiger partial charge in [-0.05, 0) is 63.6 Å². The molecule has 3 nitrogen and oxygen atoms in total. The fourth-order valence-corrected chi connectivity index (χ4v) is 2.42. The van der Waals surface area contributed by atoms with Crippen molar-refractivity contribution in [1.29, 1.82) is 0 Å². The van der Waals surface area contributed by atoms with Crippen LogP contribution in [0.15, 0.2) is 30.9 Å². The molecule has 0 bridgehead atoms. The van der Waals surface area contributed by atoms with Gasteiger partial charge in [-0.2, -0.15) is 0 Å². The van der Waals surface area contributed by atoms with E-state index in [2.05, 4.69) is 31.7 Å². The fourth-order valence-electron chi connectivity index (χ4n) is 2.42. The van der Waals surface area contributed by atoms with Gasteiger partial charge in [0.15, 0.2) is 0 Å². The van der Waals surface area contributed by atoms with Crippen molar-refractivity contribution >= 4 is 6.09 Å². The zero-order valence-corrected chi connectivity index (χ0v) is 14.2. The molecule has 0 aromatic heterocycles. The molecule has 0 radical (unpaired) electrons. The number of benzene rings is 1. The van der Waals surface area contributed by atoms with Crippen LogP contribution >= 0.6 is 0 Å². The van der Waals surface area contributed by atoms with Crippen molar-refractivity contribution in [2.24, 2.45) is 0 Å². The molecule has 1 aliphatic carbocycles. The average Bonchev–Trinajstić information content (AvgIpc) is 3.21. The SMILES string of the molecule is C=CCc1ccc(C)c(CN(C(=O)OC(C)(C)C)C2CC2)c1. The van der Waals surface area contributed by atoms with Crippen LogP contribution in [-0.4, -0.2) is 22.6 Å². The third-order valence-electron chi connectivity index (χ3n) is 3.75. The number of ether oxygens (including phenoxy) is 1. The molecule has 2 rings (SSSR count). The molecule has 0 spiro atoms. The first-order chi connectivity index (χ1) is 10.3. The smallest absolute Gasteiger partial charge is 0.410 e. The van der Waals surface area contributed by atoms with Crippen LogP contribution in [0.3, 0.4) is 0 Å². The fraction of sp³-hybridized carbons (Fsp3) is 0.526. The number of aryl methyl sites for hydroxylation is 1. The maximum absolute atomic E-state index is 12.5. The highest BCUT2D eigenvalue weighted by Crippen LogP contribution is 2.30. The Bertz CT molecular complexity index is 553. The predicted octanol–water partition coefficient (Wildman–Crippen LogP) is 4.62. The quantitative estimate of drug-likeness (QED) is 0.742. The van der Waals surface area contributed by atoms with Crippen LogP contribution in [0.25, 0.3) is 0 Å². The Balaban J connectivity index is 2.16. The van der Waals surface area contributed by atoms with Gasteiger partial charge in [0.2, 0.25) is 0 Å². The number of hydrogen-bond acceptors (Lipinski definition) is 2. The van der Waals surface area contributed by atoms with Crippen LogP contribution in [0.1, 0.15) is 50.3 Å². The molecule has 0 N–H and O–H groups in total. The summed E-state index contributed by atoms with van der Waals surface area (Å²) in [5.74, 6) is 0. The van der Waals surface area contributed by atoms with Gasteiger partial charge in [-0.15, -0.1) is 6.58 Å². The number of rotatable bonds is 5. The lowest BCUT2D eigenvalue weighted by atomic mass is 10.0. The molecule has 0 heterocycles. The standard InChI is InChI=1S/C19H27NO2/c1-6-7-15-9-8-14(2)16(12-15)13-20(17-10-11-17)18(21)22-19(3,4)5/h6,8-9,12,17H,1,7,10-11,13H2,2-5H3. The lowest BCUT2D eigenvalue weighted by Crippen LogP contribution is -2.38. The number of amides is 1. The van der Waals surface area contributed by atoms with E-state index in [0.717, 1.165) is 19.3 Å². The monoisotopic (exact) mass is 301 g/mol. The van der Waals surface area contributed by atoms with Crippen LogP contribution in [0, 0.1) is 6.92 Å². The molecule has 0 unspecified atom stereocenters. The molecule has 0 atom stereocenters. The van der Waals surface area contributed by atoms with Crippen LogP contribution in [0.2, 0.25) is 0 Å². The highest BCUT2D eigenvalue weighted by atomic mass is 16.6. The zero-order chi connectivity index (χ0) is 16.3. The first-order valence-electron chi connectivity index (χ1n) is 7.99. The number of hydrogen-bond donors (Lipinski definition) is 0. The van der Waals surface area contributed by atoms with E-state index in [-0.39, 0.29) is 6.09 Å². The molecule has 1 fully saturated rings. The van der Waals surface area contributed by atoms with Crippen LogP contribution in [-0.2, 0) is 17.7 Å². The summed E-state index contributed by atoms with van der Waals surface area (Å²) in [5.41, 5.74) is 3.18. The van der Waals surface area contributed by atoms with Gasteiger partial charge in [-0.3, -0.25) is 0 Å². The van der Waals surface area contributed by atoms with Crippen molar-refractivity contribution in [2.45, 2.75) is 65.1 Å². The van der Waals surface area contributed by atoms with E-state index in [1.54, 1.807) is 0 Å². The second kappa shape index (κ2) is 6.55. The molecule has 120 valence electrons. The van der Waals surface area contributed by atoms with E-state index < -0.39 is 5.60 Å². The van der Waals surface area contributed by atoms with E-state index >= 15 is 0 Å². The molecule has 1 aliphatic rings. The van der Waals surface area contributed by atoms with E-state index in [1.165, 1.54) is 16.7 Å². The molecular formula is C19H27NO2. The summed E-state index contributed by atoms with van der Waals surface area (Å²) in [6.45, 7) is 12.2. The summed E-state index contributed by atoms with van der Waals surface area (Å²) >= 11 is 0. The Hall–Kier alpha value is -1.77. The third kappa shape index (κ3) is 4.62. The van der Waals surface area contributed by atoms with Crippen molar-refractivity contribution in [3.63, 3.8) is 0 Å². The van der Waals surface area contributed by atoms with Gasteiger partial charge in [0.1, 0.15) is 5.60 Å². The Morgan fingerprint density at radius 3 is 2.64 bits per heavy atom. The van der Waals surface area contributed by atoms with Gasteiger partial charge in [0.05, 0.1) is 0 Å². The minimum Gasteiger partial charge on any atom is -0.444 e. The number of carbonyl (C=O) groups is 1. The molecule has 3 heteroatoms. The Morgan fingerprint density at radius 2 is 2.09 bits per heavy atom. The highest BCUT2D eigenvalue weighted by molar-refractivity contribution is 5.69. The van der Waals surface area contributed by atoms with Gasteiger partial charge in [0, 0.05) is 12.6 Å². The van der Waals surface area contributed by atoms with E-state index in [1.807, 2.05) is 31.7 Å². The summed E-state index contributed by atoms with van der Waals surface area (Å²) in [7, 11) is 0. The largest absolute Gasteiger partial charge is 0.444 e. The molecular weight excluding hydrogens is 274 g/mol. The molecule has 1 aromatic rings. The lowest BCUT2D eigenvalue weighted by molar-refractivity contribution is 0.0216. The molecule has 1 amide bonds. The maximum Gasteiger partial charge on any atom is 0.410 e. The van der Waals surface area contributed by atoms with Gasteiger partial charge in [-0.25, -0.2) is 4.79 Å². The highest BCUT2D eigenvalue weighted by Gasteiger charge is 2.35. The molecule has 1 saturated carbocycles. The first-order valence-corrected chi connectivity index (χ1v) is 7.99. The number of allylic oxidation sites excluding steroid dienone is 1. The Kier molecular flexibility index (Phi) is 4.94. The van der Waals surface area contributed by atoms with Gasteiger partial charge in [-0.1, -0.05) is 24.3 Å². The second-order valence-electron chi connectivity index (χ2n) is 7.09. The van der Waals surface area contributed by atoms with E-state index in [9.17, 15) is 4.79 Å². The summed E-state index contributed by atoms with van der Waals surface area (Å²) in [6.07, 6.45) is 4.70. The number of nitrogens with zero attached hydrogens (tertiary/aromatic N) is 1. The second-order valence-corrected chi connectivity index (χ2v) is 7.09. The molecule has 1 aromatic carbocycles. The van der Waals surface area contributed by atoms with E-state index in [0.29, 0.717) is 12.6 Å². The zero-order valence-electron chi connectivity index (χ0n) is 14.2. The van der Waals surface area contributed by atoms with Gasteiger partial charge >= 0.3 is 6.09 Å². The van der Waals surface area contributed by atoms with Gasteiger partial charge in [0.25, 0.3) is 0 Å². The molecule has 0 saturated heterocycles. The predicted molar refractivity (Wildman–Crippen MR) is 89.9 cm³/mol. The molecule has 0 aliphatic heterocycles. The Labute approximate surface area is 134 Å². The van der Waals surface area contributed by atoms with Crippen LogP contribution < -0.4 is 0 Å². The van der Waals surface area contributed by atoms with Crippen molar-refractivity contribution in [2.75, 3.05) is 0 Å². The lowest BCUT2D eigenvalue weighted by Gasteiger charge is -2.28. The summed E-state index contributed by atoms with van der Waals surface area (Å²) < 4.78 is 5.56. The van der Waals surface area contributed by atoms with Crippen molar-refractivity contribution < 1.29 is 9.53 Å². The van der Waals surface area contributed by atoms with E-state index in [4.69, 9.17) is 4.74 Å². The molecule has 22 heavy (non-hydrogen) atoms. The minimum atomic E-state index is -0.454. The third-order valence-corrected chi connectivity index (χ3v) is 3.75. The minimum absolute atomic E-state index is 0.205. The van der Waals surface area contributed by atoms with Crippen molar-refractivity contribution in [3.05, 3.63) is 47.5 Å². The van der Waals surface area contributed by atoms with Crippen molar-refractivity contribution in [3.8, 4) is 0 Å². The van der Waals surface area contributed by atoms with Crippen molar-refractivity contribution in [1.82, 2.24) is 4.90 Å². The van der Waals surface area contributed by atoms with Crippen LogP contribution in [0.5, 0.6) is 0 Å². The Morgan fingerprint density at radius 1 is 1.41 bits per heavy atom. The van der Waals surface area contributed by atoms with Crippen LogP contribution in [0.4, 0.5) is 4.79 Å². The summed E-state index contributed by atoms with van der Waals surface area (Å²) in [5, 5.41) is 0. The van der Waals surface area contributed by atoms with Gasteiger partial charge < -0.3 is 9.64 Å².